The van der Waals surface area contributed by atoms with Gasteiger partial charge in [-0.3, -0.25) is 0 Å². The van der Waals surface area contributed by atoms with Crippen LogP contribution in [0.25, 0.3) is 11.0 Å². The summed E-state index contributed by atoms with van der Waals surface area (Å²) >= 11 is 0. The molecule has 0 radical (unpaired) electrons. The van der Waals surface area contributed by atoms with Gasteiger partial charge in [0, 0.05) is 11.8 Å². The number of hydrogen-bond donors (Lipinski definition) is 0. The van der Waals surface area contributed by atoms with Crippen LogP contribution in [-0.2, 0) is 11.3 Å². The fraction of sp³-hybridized carbons (Fsp3) is 0.188. The zero-order valence-electron chi connectivity index (χ0n) is 12.3. The maximum atomic E-state index is 13.8. The smallest absolute Gasteiger partial charge is 0.359 e. The van der Waals surface area contributed by atoms with Crippen molar-refractivity contribution in [3.63, 3.8) is 0 Å². The third kappa shape index (κ3) is 2.77. The molecule has 0 bridgehead atoms. The molecular weight excluding hydrogens is 304 g/mol. The highest BCUT2D eigenvalue weighted by molar-refractivity contribution is 6.01. The molecular formula is C16H13F2N3O2. The van der Waals surface area contributed by atoms with Crippen molar-refractivity contribution in [1.82, 2.24) is 14.8 Å². The topological polar surface area (TPSA) is 57.0 Å². The van der Waals surface area contributed by atoms with Gasteiger partial charge < -0.3 is 4.74 Å². The fourth-order valence-electron chi connectivity index (χ4n) is 2.30. The van der Waals surface area contributed by atoms with Gasteiger partial charge in [0.1, 0.15) is 0 Å². The van der Waals surface area contributed by atoms with E-state index in [-0.39, 0.29) is 24.4 Å². The quantitative estimate of drug-likeness (QED) is 0.694. The van der Waals surface area contributed by atoms with Gasteiger partial charge in [0.25, 0.3) is 0 Å². The molecule has 0 fully saturated rings. The number of pyridine rings is 1. The largest absolute Gasteiger partial charge is 0.461 e. The summed E-state index contributed by atoms with van der Waals surface area (Å²) in [6.45, 7) is 1.86. The van der Waals surface area contributed by atoms with Gasteiger partial charge in [-0.1, -0.05) is 12.1 Å². The van der Waals surface area contributed by atoms with Gasteiger partial charge in [-0.2, -0.15) is 5.10 Å². The molecule has 0 N–H and O–H groups in total. The summed E-state index contributed by atoms with van der Waals surface area (Å²) in [5.74, 6) is -2.45. The molecule has 2 heterocycles. The minimum Gasteiger partial charge on any atom is -0.461 e. The van der Waals surface area contributed by atoms with Crippen LogP contribution in [0.3, 0.4) is 0 Å². The van der Waals surface area contributed by atoms with E-state index < -0.39 is 17.6 Å². The molecule has 0 aliphatic rings. The van der Waals surface area contributed by atoms with Crippen LogP contribution in [0.1, 0.15) is 23.0 Å². The molecule has 23 heavy (non-hydrogen) atoms. The third-order valence-electron chi connectivity index (χ3n) is 3.33. The van der Waals surface area contributed by atoms with Crippen LogP contribution in [0.4, 0.5) is 8.78 Å². The molecule has 3 aromatic rings. The number of benzene rings is 1. The van der Waals surface area contributed by atoms with Gasteiger partial charge >= 0.3 is 5.97 Å². The van der Waals surface area contributed by atoms with Crippen molar-refractivity contribution in [1.29, 1.82) is 0 Å². The first-order valence-corrected chi connectivity index (χ1v) is 7.03. The predicted molar refractivity (Wildman–Crippen MR) is 78.9 cm³/mol. The van der Waals surface area contributed by atoms with E-state index in [4.69, 9.17) is 4.74 Å². The Morgan fingerprint density at radius 1 is 1.26 bits per heavy atom. The van der Waals surface area contributed by atoms with Crippen LogP contribution in [0, 0.1) is 11.6 Å². The van der Waals surface area contributed by atoms with E-state index in [0.29, 0.717) is 11.0 Å². The number of nitrogens with zero attached hydrogens (tertiary/aromatic N) is 3. The Morgan fingerprint density at radius 3 is 2.87 bits per heavy atom. The third-order valence-corrected chi connectivity index (χ3v) is 3.33. The molecule has 0 amide bonds. The van der Waals surface area contributed by atoms with Crippen molar-refractivity contribution in [2.24, 2.45) is 0 Å². The number of ether oxygens (including phenoxy) is 1. The average Bonchev–Trinajstić information content (AvgIpc) is 2.91. The lowest BCUT2D eigenvalue weighted by atomic mass is 10.2. The summed E-state index contributed by atoms with van der Waals surface area (Å²) in [4.78, 5) is 16.2. The summed E-state index contributed by atoms with van der Waals surface area (Å²) in [6, 6.07) is 7.26. The number of aromatic nitrogens is 3. The first-order valence-electron chi connectivity index (χ1n) is 7.03. The number of rotatable bonds is 4. The molecule has 0 saturated carbocycles. The van der Waals surface area contributed by atoms with Crippen LogP contribution in [-0.4, -0.2) is 27.3 Å². The van der Waals surface area contributed by atoms with Gasteiger partial charge in [-0.15, -0.1) is 0 Å². The Morgan fingerprint density at radius 2 is 2.09 bits per heavy atom. The predicted octanol–water partition coefficient (Wildman–Crippen LogP) is 2.93. The van der Waals surface area contributed by atoms with E-state index in [2.05, 4.69) is 10.1 Å². The lowest BCUT2D eigenvalue weighted by Gasteiger charge is -2.05. The van der Waals surface area contributed by atoms with Crippen LogP contribution in [0.15, 0.2) is 36.5 Å². The van der Waals surface area contributed by atoms with E-state index in [9.17, 15) is 13.6 Å². The molecule has 0 atom stereocenters. The fourth-order valence-corrected chi connectivity index (χ4v) is 2.30. The number of hydrogen-bond acceptors (Lipinski definition) is 4. The minimum atomic E-state index is -0.940. The van der Waals surface area contributed by atoms with E-state index >= 15 is 0 Å². The number of fused-ring (bicyclic) bond motifs is 1. The van der Waals surface area contributed by atoms with Crippen molar-refractivity contribution in [3.05, 3.63) is 59.4 Å². The SMILES string of the molecule is CCOC(=O)c1nn(Cc2cccc(F)c2F)c2ncccc12. The molecule has 7 heteroatoms. The Balaban J connectivity index is 2.07. The zero-order chi connectivity index (χ0) is 16.4. The molecule has 0 aliphatic heterocycles. The first-order chi connectivity index (χ1) is 11.1. The summed E-state index contributed by atoms with van der Waals surface area (Å²) in [5.41, 5.74) is 0.626. The van der Waals surface area contributed by atoms with Crippen molar-refractivity contribution < 1.29 is 18.3 Å². The Labute approximate surface area is 130 Å². The highest BCUT2D eigenvalue weighted by Gasteiger charge is 2.20. The number of carbonyl (C=O) groups excluding carboxylic acids is 1. The highest BCUT2D eigenvalue weighted by atomic mass is 19.2. The van der Waals surface area contributed by atoms with Gasteiger partial charge in [-0.05, 0) is 25.1 Å². The first kappa shape index (κ1) is 15.1. The summed E-state index contributed by atoms with van der Waals surface area (Å²) in [5, 5.41) is 4.67. The van der Waals surface area contributed by atoms with E-state index in [0.717, 1.165) is 6.07 Å². The van der Waals surface area contributed by atoms with Crippen LogP contribution in [0.2, 0.25) is 0 Å². The molecule has 0 saturated heterocycles. The molecule has 3 rings (SSSR count). The highest BCUT2D eigenvalue weighted by Crippen LogP contribution is 2.20. The normalized spacial score (nSPS) is 10.9. The summed E-state index contributed by atoms with van der Waals surface area (Å²) in [7, 11) is 0. The molecule has 5 nitrogen and oxygen atoms in total. The van der Waals surface area contributed by atoms with Gasteiger partial charge in [0.15, 0.2) is 23.0 Å². The van der Waals surface area contributed by atoms with Crippen LogP contribution in [0.5, 0.6) is 0 Å². The Hall–Kier alpha value is -2.83. The van der Waals surface area contributed by atoms with Crippen molar-refractivity contribution in [2.75, 3.05) is 6.61 Å². The van der Waals surface area contributed by atoms with Crippen LogP contribution >= 0.6 is 0 Å². The second-order valence-corrected chi connectivity index (χ2v) is 4.81. The monoisotopic (exact) mass is 317 g/mol. The van der Waals surface area contributed by atoms with E-state index in [1.54, 1.807) is 19.1 Å². The maximum Gasteiger partial charge on any atom is 0.359 e. The summed E-state index contributed by atoms with van der Waals surface area (Å²) in [6.07, 6.45) is 1.54. The minimum absolute atomic E-state index is 0.0451. The average molecular weight is 317 g/mol. The molecule has 2 aromatic heterocycles. The second-order valence-electron chi connectivity index (χ2n) is 4.81. The Bertz CT molecular complexity index is 877. The zero-order valence-corrected chi connectivity index (χ0v) is 12.3. The summed E-state index contributed by atoms with van der Waals surface area (Å²) < 4.78 is 33.5. The van der Waals surface area contributed by atoms with Crippen molar-refractivity contribution in [3.8, 4) is 0 Å². The number of carbonyl (C=O) groups is 1. The Kier molecular flexibility index (Phi) is 4.01. The molecule has 0 unspecified atom stereocenters. The van der Waals surface area contributed by atoms with Gasteiger partial charge in [-0.25, -0.2) is 23.2 Å². The van der Waals surface area contributed by atoms with Gasteiger partial charge in [0.2, 0.25) is 0 Å². The van der Waals surface area contributed by atoms with Gasteiger partial charge in [0.05, 0.1) is 18.5 Å². The maximum absolute atomic E-state index is 13.8. The molecule has 0 aliphatic carbocycles. The van der Waals surface area contributed by atoms with Crippen molar-refractivity contribution >= 4 is 17.0 Å². The van der Waals surface area contributed by atoms with E-state index in [1.807, 2.05) is 0 Å². The molecule has 118 valence electrons. The number of esters is 1. The molecule has 1 aromatic carbocycles. The number of halogens is 2. The molecule has 0 spiro atoms. The van der Waals surface area contributed by atoms with Crippen LogP contribution < -0.4 is 0 Å². The lowest BCUT2D eigenvalue weighted by Crippen LogP contribution is -2.09. The lowest BCUT2D eigenvalue weighted by molar-refractivity contribution is 0.0520. The van der Waals surface area contributed by atoms with E-state index in [1.165, 1.54) is 23.0 Å². The second kappa shape index (κ2) is 6.12. The van der Waals surface area contributed by atoms with Crippen molar-refractivity contribution in [2.45, 2.75) is 13.5 Å². The standard InChI is InChI=1S/C16H13F2N3O2/c1-2-23-16(22)14-11-6-4-8-19-15(11)21(20-14)9-10-5-3-7-12(17)13(10)18/h3-8H,2,9H2,1H3.